The van der Waals surface area contributed by atoms with Gasteiger partial charge < -0.3 is 64.5 Å². The number of benzene rings is 3. The fourth-order valence-corrected chi connectivity index (χ4v) is 9.28. The summed E-state index contributed by atoms with van der Waals surface area (Å²) in [5.74, 6) is 2.53. The van der Waals surface area contributed by atoms with Gasteiger partial charge in [0.1, 0.15) is 60.2 Å². The Morgan fingerprint density at radius 1 is 0.558 bits per heavy atom. The van der Waals surface area contributed by atoms with Crippen LogP contribution in [0.1, 0.15) is 29.5 Å². The van der Waals surface area contributed by atoms with Gasteiger partial charge in [-0.05, 0) is 78.1 Å². The molecule has 12 bridgehead atoms. The van der Waals surface area contributed by atoms with Crippen LogP contribution < -0.4 is 66.6 Å². The number of anilines is 4. The molecule has 0 spiro atoms. The van der Waals surface area contributed by atoms with E-state index in [9.17, 15) is 18.8 Å². The molecule has 7 N–H and O–H groups in total. The fraction of sp³-hybridized carbons (Fsp3) is 0.222. The number of rotatable bonds is 6. The number of imidazole rings is 3. The van der Waals surface area contributed by atoms with Crippen molar-refractivity contribution in [2.24, 2.45) is 0 Å². The maximum atomic E-state index is 14.6. The number of H-pyrrole nitrogens is 3. The first-order valence-electron chi connectivity index (χ1n) is 24.7. The maximum Gasteiger partial charge on any atom is 0.326 e. The van der Waals surface area contributed by atoms with Crippen molar-refractivity contribution in [1.29, 1.82) is 0 Å². The Kier molecular flexibility index (Phi) is 13.0. The molecule has 9 heterocycles. The van der Waals surface area contributed by atoms with Crippen molar-refractivity contribution < 1.29 is 37.5 Å². The third kappa shape index (κ3) is 10.3. The summed E-state index contributed by atoms with van der Waals surface area (Å²) in [6, 6.07) is 20.5. The van der Waals surface area contributed by atoms with Crippen LogP contribution in [-0.4, -0.2) is 90.0 Å². The van der Waals surface area contributed by atoms with Crippen LogP contribution in [0.2, 0.25) is 0 Å². The van der Waals surface area contributed by atoms with E-state index < -0.39 is 17.2 Å². The highest BCUT2D eigenvalue weighted by Crippen LogP contribution is 2.33. The number of pyridine rings is 3. The second-order valence-corrected chi connectivity index (χ2v) is 18.2. The minimum Gasteiger partial charge on any atom is -0.489 e. The lowest BCUT2D eigenvalue weighted by atomic mass is 10.1. The van der Waals surface area contributed by atoms with Crippen molar-refractivity contribution in [3.63, 3.8) is 0 Å². The van der Waals surface area contributed by atoms with Crippen molar-refractivity contribution in [3.05, 3.63) is 163 Å². The van der Waals surface area contributed by atoms with Gasteiger partial charge in [0.15, 0.2) is 35.8 Å². The number of ether oxygens (including phenoxy) is 7. The Labute approximate surface area is 435 Å². The molecule has 392 valence electrons. The van der Waals surface area contributed by atoms with E-state index in [-0.39, 0.29) is 94.2 Å². The summed E-state index contributed by atoms with van der Waals surface area (Å²) >= 11 is 0. The number of nitrogens with zero attached hydrogens (tertiary/aromatic N) is 6. The van der Waals surface area contributed by atoms with E-state index in [2.05, 4.69) is 35.6 Å². The van der Waals surface area contributed by atoms with Crippen molar-refractivity contribution in [2.45, 2.75) is 32.5 Å². The topological polar surface area (TPSA) is 267 Å². The standard InChI is InChI=1S/C54H49FN12O10/c55-38-10-9-31-21-42(38)73-13-7-8-16-76-44-25-40-47(63-53(69)65(40)27-31)50(60-44)57-30-77-37-20-33-19-36(23-37)72-12-4-2-6-15-75-45-26-41-48(64-54(70)67(41)29-33)51(61-45)58-34-17-32-18-35(22-34)71-11-3-1-5-14-74-43-24-39-46(49(56)59-43)62-52(68)66(39)28-32/h1-4,7-10,17-26H,5-6,11-16,27-30H2,(H2,56,59)(H,57,60)(H,58,61)(H,62,68)(H,63,69)(H,64,70)/b3-1+,4-2+,8-7+. The third-order valence-corrected chi connectivity index (χ3v) is 12.8. The first kappa shape index (κ1) is 48.0. The highest BCUT2D eigenvalue weighted by Gasteiger charge is 2.21. The second kappa shape index (κ2) is 20.8. The maximum absolute atomic E-state index is 14.6. The highest BCUT2D eigenvalue weighted by atomic mass is 19.1. The van der Waals surface area contributed by atoms with Gasteiger partial charge in [0.25, 0.3) is 0 Å². The number of halogens is 1. The third-order valence-electron chi connectivity index (χ3n) is 12.8. The molecular weight excluding hydrogens is 996 g/mol. The molecule has 0 saturated carbocycles. The summed E-state index contributed by atoms with van der Waals surface area (Å²) < 4.78 is 61.6. The van der Waals surface area contributed by atoms with Gasteiger partial charge in [-0.2, -0.15) is 15.0 Å². The SMILES string of the molecule is Nc1nc2cc3c1[nH]c(=O)n3Cc1cc(Nc3nc4cc5c3[nH]c(=O)n5Cc3cc(cc(OCNc5nc6cc7c5[nH]c(=O)n7Cc5ccc(F)c(c5)OC/C=C/CO6)c3)OC/C=C/CCO4)cc(c1)OC/C=C/CCO2. The zero-order valence-corrected chi connectivity index (χ0v) is 41.1. The predicted molar refractivity (Wildman–Crippen MR) is 284 cm³/mol. The summed E-state index contributed by atoms with van der Waals surface area (Å²) in [6.45, 7) is 1.60. The normalized spacial score (nSPS) is 16.0. The van der Waals surface area contributed by atoms with Crippen LogP contribution in [0, 0.1) is 5.82 Å². The van der Waals surface area contributed by atoms with Gasteiger partial charge in [-0.25, -0.2) is 18.8 Å². The van der Waals surface area contributed by atoms with Crippen molar-refractivity contribution >= 4 is 56.2 Å². The molecule has 23 heteroatoms. The molecule has 0 saturated heterocycles. The summed E-state index contributed by atoms with van der Waals surface area (Å²) in [5.41, 5.74) is 10.4. The molecule has 0 radical (unpaired) electrons. The van der Waals surface area contributed by atoms with E-state index in [1.165, 1.54) is 10.6 Å². The van der Waals surface area contributed by atoms with E-state index in [1.54, 1.807) is 63.8 Å². The monoisotopic (exact) mass is 1040 g/mol. The fourth-order valence-electron chi connectivity index (χ4n) is 9.28. The molecule has 0 unspecified atom stereocenters. The van der Waals surface area contributed by atoms with E-state index in [0.717, 1.165) is 0 Å². The lowest BCUT2D eigenvalue weighted by Gasteiger charge is -2.15. The largest absolute Gasteiger partial charge is 0.489 e. The lowest BCUT2D eigenvalue weighted by molar-refractivity contribution is 0.312. The molecule has 0 aliphatic carbocycles. The quantitative estimate of drug-likeness (QED) is 0.0755. The number of nitrogens with two attached hydrogens (primary N) is 1. The number of aromatic amines is 3. The van der Waals surface area contributed by atoms with E-state index in [4.69, 9.17) is 43.9 Å². The van der Waals surface area contributed by atoms with Crippen LogP contribution in [0.3, 0.4) is 0 Å². The molecule has 9 aromatic rings. The smallest absolute Gasteiger partial charge is 0.326 e. The van der Waals surface area contributed by atoms with Gasteiger partial charge in [-0.15, -0.1) is 0 Å². The van der Waals surface area contributed by atoms with Crippen molar-refractivity contribution in [3.8, 4) is 40.6 Å². The minimum atomic E-state index is -0.512. The predicted octanol–water partition coefficient (Wildman–Crippen LogP) is 6.62. The second-order valence-electron chi connectivity index (χ2n) is 18.2. The number of nitrogens with one attached hydrogen (secondary N) is 5. The zero-order valence-electron chi connectivity index (χ0n) is 41.1. The number of hydrogen-bond donors (Lipinski definition) is 6. The van der Waals surface area contributed by atoms with Crippen LogP contribution in [0.25, 0.3) is 33.1 Å². The van der Waals surface area contributed by atoms with Gasteiger partial charge >= 0.3 is 17.1 Å². The summed E-state index contributed by atoms with van der Waals surface area (Å²) in [6.07, 6.45) is 12.2. The van der Waals surface area contributed by atoms with Crippen LogP contribution in [-0.2, 0) is 19.6 Å². The molecule has 0 amide bonds. The molecule has 3 aliphatic heterocycles. The number of nitrogen functional groups attached to an aromatic ring is 1. The van der Waals surface area contributed by atoms with Crippen LogP contribution in [0.4, 0.5) is 27.5 Å². The summed E-state index contributed by atoms with van der Waals surface area (Å²) in [7, 11) is 0. The van der Waals surface area contributed by atoms with Gasteiger partial charge in [0.2, 0.25) is 17.6 Å². The molecule has 0 fully saturated rings. The molecule has 3 aromatic carbocycles. The minimum absolute atomic E-state index is 0.0732. The van der Waals surface area contributed by atoms with E-state index >= 15 is 0 Å². The Morgan fingerprint density at radius 3 is 1.81 bits per heavy atom. The molecule has 6 aromatic heterocycles. The molecular formula is C54H49FN12O10. The molecule has 3 aliphatic rings. The van der Waals surface area contributed by atoms with E-state index in [1.807, 2.05) is 48.6 Å². The molecule has 77 heavy (non-hydrogen) atoms. The first-order chi connectivity index (χ1) is 37.6. The highest BCUT2D eigenvalue weighted by molar-refractivity contribution is 5.90. The van der Waals surface area contributed by atoms with Crippen LogP contribution in [0.5, 0.6) is 40.6 Å². The van der Waals surface area contributed by atoms with Gasteiger partial charge in [-0.3, -0.25) is 13.7 Å². The first-order valence-corrected chi connectivity index (χ1v) is 24.7. The lowest BCUT2D eigenvalue weighted by Crippen LogP contribution is -2.17. The Balaban J connectivity index is 0.846. The number of aromatic nitrogens is 9. The summed E-state index contributed by atoms with van der Waals surface area (Å²) in [4.78, 5) is 63.6. The van der Waals surface area contributed by atoms with Gasteiger partial charge in [0.05, 0.1) is 49.4 Å². The number of hydrogen-bond acceptors (Lipinski definition) is 16. The number of fused-ring (bicyclic) bond motifs is 9. The zero-order chi connectivity index (χ0) is 52.4. The summed E-state index contributed by atoms with van der Waals surface area (Å²) in [5, 5.41) is 6.62. The average Bonchev–Trinajstić information content (AvgIpc) is 4.07. The Bertz CT molecular complexity index is 4020. The molecule has 22 nitrogen and oxygen atoms in total. The average molecular weight is 1050 g/mol. The van der Waals surface area contributed by atoms with Gasteiger partial charge in [-0.1, -0.05) is 30.4 Å². The van der Waals surface area contributed by atoms with E-state index in [0.29, 0.717) is 104 Å². The molecule has 12 rings (SSSR count). The van der Waals surface area contributed by atoms with Crippen LogP contribution >= 0.6 is 0 Å². The van der Waals surface area contributed by atoms with Crippen molar-refractivity contribution in [2.75, 3.05) is 62.7 Å². The van der Waals surface area contributed by atoms with Gasteiger partial charge in [0, 0.05) is 36.0 Å². The van der Waals surface area contributed by atoms with Crippen molar-refractivity contribution in [1.82, 2.24) is 43.6 Å². The Hall–Kier alpha value is -9.93. The van der Waals surface area contributed by atoms with Crippen LogP contribution in [0.15, 0.2) is 124 Å². The Morgan fingerprint density at radius 2 is 1.10 bits per heavy atom. The molecule has 0 atom stereocenters.